The summed E-state index contributed by atoms with van der Waals surface area (Å²) in [7, 11) is -3.83. The van der Waals surface area contributed by atoms with Crippen molar-refractivity contribution < 1.29 is 22.7 Å². The molecule has 0 atom stereocenters. The molecule has 0 aliphatic carbocycles. The zero-order chi connectivity index (χ0) is 15.7. The van der Waals surface area contributed by atoms with Crippen molar-refractivity contribution in [2.24, 2.45) is 0 Å². The molecule has 1 rings (SSSR count). The van der Waals surface area contributed by atoms with Gasteiger partial charge in [-0.3, -0.25) is 4.79 Å². The number of hydrogen-bond acceptors (Lipinski definition) is 5. The van der Waals surface area contributed by atoms with E-state index in [-0.39, 0.29) is 11.3 Å². The number of ether oxygens (including phenoxy) is 2. The van der Waals surface area contributed by atoms with E-state index < -0.39 is 15.9 Å². The second-order valence-electron chi connectivity index (χ2n) is 4.23. The van der Waals surface area contributed by atoms with Crippen LogP contribution in [-0.4, -0.2) is 34.1 Å². The Labute approximate surface area is 125 Å². The van der Waals surface area contributed by atoms with Crippen LogP contribution in [0.2, 0.25) is 0 Å². The van der Waals surface area contributed by atoms with E-state index in [1.807, 2.05) is 18.6 Å². The van der Waals surface area contributed by atoms with Crippen LogP contribution in [-0.2, 0) is 19.6 Å². The molecule has 0 saturated carbocycles. The number of carbonyl (C=O) groups is 1. The molecular formula is C14H21NO5S. The molecule has 0 saturated heterocycles. The third kappa shape index (κ3) is 6.14. The van der Waals surface area contributed by atoms with Gasteiger partial charge in [0.1, 0.15) is 5.75 Å². The summed E-state index contributed by atoms with van der Waals surface area (Å²) < 4.78 is 36.4. The molecule has 21 heavy (non-hydrogen) atoms. The summed E-state index contributed by atoms with van der Waals surface area (Å²) in [6.45, 7) is 5.21. The molecular weight excluding hydrogens is 294 g/mol. The van der Waals surface area contributed by atoms with E-state index in [2.05, 4.69) is 0 Å². The predicted octanol–water partition coefficient (Wildman–Crippen LogP) is 1.71. The van der Waals surface area contributed by atoms with Crippen molar-refractivity contribution in [3.05, 3.63) is 24.3 Å². The normalized spacial score (nSPS) is 11.1. The summed E-state index contributed by atoms with van der Waals surface area (Å²) in [5, 5.41) is 0. The number of sulfonamides is 1. The summed E-state index contributed by atoms with van der Waals surface area (Å²) in [5.74, 6) is 0.0445. The number of rotatable bonds is 9. The Morgan fingerprint density at radius 3 is 2.38 bits per heavy atom. The quantitative estimate of drug-likeness (QED) is 0.702. The average Bonchev–Trinajstić information content (AvgIpc) is 2.44. The van der Waals surface area contributed by atoms with E-state index in [1.54, 1.807) is 12.1 Å². The summed E-state index contributed by atoms with van der Waals surface area (Å²) in [6.07, 6.45) is 0.592. The van der Waals surface area contributed by atoms with Gasteiger partial charge in [-0.1, -0.05) is 0 Å². The Hall–Kier alpha value is -1.60. The Morgan fingerprint density at radius 2 is 1.81 bits per heavy atom. The van der Waals surface area contributed by atoms with Crippen molar-refractivity contribution in [2.75, 3.05) is 19.8 Å². The molecule has 6 nitrogen and oxygen atoms in total. The lowest BCUT2D eigenvalue weighted by Gasteiger charge is -2.08. The minimum atomic E-state index is -3.83. The van der Waals surface area contributed by atoms with Crippen LogP contribution in [0, 0.1) is 0 Å². The zero-order valence-electron chi connectivity index (χ0n) is 12.3. The molecule has 7 heteroatoms. The second kappa shape index (κ2) is 8.63. The molecule has 0 heterocycles. The van der Waals surface area contributed by atoms with Crippen LogP contribution in [0.5, 0.6) is 5.75 Å². The topological polar surface area (TPSA) is 81.7 Å². The highest BCUT2D eigenvalue weighted by Gasteiger charge is 2.17. The standard InChI is InChI=1S/C14H21NO5S/c1-3-19-11-5-6-14(16)15-21(17,18)13-9-7-12(8-10-13)20-4-2/h7-10H,3-6,11H2,1-2H3,(H,15,16). The smallest absolute Gasteiger partial charge is 0.264 e. The van der Waals surface area contributed by atoms with Gasteiger partial charge in [0.05, 0.1) is 11.5 Å². The van der Waals surface area contributed by atoms with E-state index in [4.69, 9.17) is 9.47 Å². The van der Waals surface area contributed by atoms with E-state index in [0.717, 1.165) is 0 Å². The number of benzene rings is 1. The third-order valence-electron chi connectivity index (χ3n) is 2.59. The highest BCUT2D eigenvalue weighted by atomic mass is 32.2. The zero-order valence-corrected chi connectivity index (χ0v) is 13.1. The molecule has 1 amide bonds. The van der Waals surface area contributed by atoms with Crippen molar-refractivity contribution in [1.29, 1.82) is 0 Å². The highest BCUT2D eigenvalue weighted by molar-refractivity contribution is 7.90. The monoisotopic (exact) mass is 315 g/mol. The van der Waals surface area contributed by atoms with Crippen molar-refractivity contribution in [3.63, 3.8) is 0 Å². The van der Waals surface area contributed by atoms with Gasteiger partial charge in [-0.05, 0) is 44.5 Å². The summed E-state index contributed by atoms with van der Waals surface area (Å²) >= 11 is 0. The molecule has 0 fully saturated rings. The Balaban J connectivity index is 2.57. The van der Waals surface area contributed by atoms with Crippen molar-refractivity contribution >= 4 is 15.9 Å². The van der Waals surface area contributed by atoms with Gasteiger partial charge in [-0.15, -0.1) is 0 Å². The van der Waals surface area contributed by atoms with Gasteiger partial charge < -0.3 is 9.47 Å². The number of hydrogen-bond donors (Lipinski definition) is 1. The van der Waals surface area contributed by atoms with Crippen LogP contribution >= 0.6 is 0 Å². The lowest BCUT2D eigenvalue weighted by Crippen LogP contribution is -2.30. The van der Waals surface area contributed by atoms with Gasteiger partial charge in [-0.25, -0.2) is 13.1 Å². The van der Waals surface area contributed by atoms with E-state index in [0.29, 0.717) is 32.0 Å². The molecule has 1 aromatic rings. The Kier molecular flexibility index (Phi) is 7.18. The highest BCUT2D eigenvalue weighted by Crippen LogP contribution is 2.15. The molecule has 0 aliphatic rings. The van der Waals surface area contributed by atoms with Crippen LogP contribution < -0.4 is 9.46 Å². The second-order valence-corrected chi connectivity index (χ2v) is 5.92. The van der Waals surface area contributed by atoms with Crippen molar-refractivity contribution in [1.82, 2.24) is 4.72 Å². The number of amides is 1. The van der Waals surface area contributed by atoms with Gasteiger partial charge in [0.25, 0.3) is 10.0 Å². The lowest BCUT2D eigenvalue weighted by atomic mass is 10.3. The van der Waals surface area contributed by atoms with Gasteiger partial charge in [0.2, 0.25) is 5.91 Å². The first-order valence-corrected chi connectivity index (χ1v) is 8.34. The van der Waals surface area contributed by atoms with Crippen LogP contribution in [0.25, 0.3) is 0 Å². The van der Waals surface area contributed by atoms with E-state index in [1.165, 1.54) is 12.1 Å². The van der Waals surface area contributed by atoms with Crippen LogP contribution in [0.4, 0.5) is 0 Å². The maximum absolute atomic E-state index is 12.0. The Morgan fingerprint density at radius 1 is 1.14 bits per heavy atom. The average molecular weight is 315 g/mol. The Bertz CT molecular complexity index is 539. The molecule has 0 radical (unpaired) electrons. The molecule has 118 valence electrons. The van der Waals surface area contributed by atoms with E-state index >= 15 is 0 Å². The van der Waals surface area contributed by atoms with Gasteiger partial charge in [0.15, 0.2) is 0 Å². The van der Waals surface area contributed by atoms with Gasteiger partial charge in [-0.2, -0.15) is 0 Å². The fourth-order valence-electron chi connectivity index (χ4n) is 1.62. The van der Waals surface area contributed by atoms with Crippen LogP contribution in [0.15, 0.2) is 29.2 Å². The summed E-state index contributed by atoms with van der Waals surface area (Å²) in [5.41, 5.74) is 0. The van der Waals surface area contributed by atoms with E-state index in [9.17, 15) is 13.2 Å². The maximum atomic E-state index is 12.0. The molecule has 1 aromatic carbocycles. The van der Waals surface area contributed by atoms with Crippen LogP contribution in [0.1, 0.15) is 26.7 Å². The van der Waals surface area contributed by atoms with Crippen molar-refractivity contribution in [3.8, 4) is 5.75 Å². The van der Waals surface area contributed by atoms with Crippen molar-refractivity contribution in [2.45, 2.75) is 31.6 Å². The predicted molar refractivity (Wildman–Crippen MR) is 78.7 cm³/mol. The fraction of sp³-hybridized carbons (Fsp3) is 0.500. The number of nitrogens with one attached hydrogen (secondary N) is 1. The van der Waals surface area contributed by atoms with Gasteiger partial charge in [0, 0.05) is 19.6 Å². The molecule has 0 aromatic heterocycles. The SMILES string of the molecule is CCOCCCC(=O)NS(=O)(=O)c1ccc(OCC)cc1. The molecule has 1 N–H and O–H groups in total. The maximum Gasteiger partial charge on any atom is 0.264 e. The fourth-order valence-corrected chi connectivity index (χ4v) is 2.63. The lowest BCUT2D eigenvalue weighted by molar-refractivity contribution is -0.119. The molecule has 0 unspecified atom stereocenters. The third-order valence-corrected chi connectivity index (χ3v) is 3.98. The van der Waals surface area contributed by atoms with Gasteiger partial charge >= 0.3 is 0 Å². The molecule has 0 spiro atoms. The first-order chi connectivity index (χ1) is 9.99. The molecule has 0 aliphatic heterocycles. The summed E-state index contributed by atoms with van der Waals surface area (Å²) in [4.78, 5) is 11.6. The molecule has 0 bridgehead atoms. The van der Waals surface area contributed by atoms with Crippen LogP contribution in [0.3, 0.4) is 0 Å². The summed E-state index contributed by atoms with van der Waals surface area (Å²) in [6, 6.07) is 5.91. The first-order valence-electron chi connectivity index (χ1n) is 6.85. The minimum absolute atomic E-state index is 0.0316. The first kappa shape index (κ1) is 17.5. The largest absolute Gasteiger partial charge is 0.494 e. The minimum Gasteiger partial charge on any atom is -0.494 e. The number of carbonyl (C=O) groups excluding carboxylic acids is 1.